The van der Waals surface area contributed by atoms with E-state index in [9.17, 15) is 9.59 Å². The summed E-state index contributed by atoms with van der Waals surface area (Å²) in [5.74, 6) is 0.648. The third-order valence-corrected chi connectivity index (χ3v) is 5.43. The minimum absolute atomic E-state index is 0.163. The Hall–Kier alpha value is -3.21. The molecule has 1 aliphatic heterocycles. The summed E-state index contributed by atoms with van der Waals surface area (Å²) in [6, 6.07) is 0.390. The largest absolute Gasteiger partial charge is 0.351 e. The molecule has 2 aromatic rings. The first-order chi connectivity index (χ1) is 14.0. The highest BCUT2D eigenvalue weighted by atomic mass is 16.2. The van der Waals surface area contributed by atoms with Crippen LogP contribution < -0.4 is 27.0 Å². The molecule has 3 heterocycles. The molecule has 2 saturated carbocycles. The van der Waals surface area contributed by atoms with E-state index in [0.29, 0.717) is 29.1 Å². The molecule has 3 aliphatic rings. The number of nitrogens with zero attached hydrogens (tertiary/aromatic N) is 4. The van der Waals surface area contributed by atoms with E-state index in [2.05, 4.69) is 36.3 Å². The maximum Gasteiger partial charge on any atom is 0.326 e. The Bertz CT molecular complexity index is 1000. The molecule has 11 nitrogen and oxygen atoms in total. The van der Waals surface area contributed by atoms with Crippen molar-refractivity contribution in [3.8, 4) is 0 Å². The molecule has 0 aromatic carbocycles. The molecule has 0 unspecified atom stereocenters. The highest BCUT2D eigenvalue weighted by Crippen LogP contribution is 2.26. The van der Waals surface area contributed by atoms with Crippen molar-refractivity contribution in [1.29, 1.82) is 0 Å². The molecular weight excluding hydrogens is 374 g/mol. The van der Waals surface area contributed by atoms with Crippen molar-refractivity contribution in [3.05, 3.63) is 17.5 Å². The van der Waals surface area contributed by atoms with E-state index in [1.807, 2.05) is 0 Å². The van der Waals surface area contributed by atoms with Gasteiger partial charge in [0.1, 0.15) is 5.70 Å². The van der Waals surface area contributed by atoms with Crippen LogP contribution in [0.15, 0.2) is 11.9 Å². The number of fused-ring (bicyclic) bond motifs is 1. The van der Waals surface area contributed by atoms with E-state index in [0.717, 1.165) is 38.5 Å². The third kappa shape index (κ3) is 3.73. The summed E-state index contributed by atoms with van der Waals surface area (Å²) in [5, 5.41) is 15.9. The van der Waals surface area contributed by atoms with Crippen molar-refractivity contribution in [2.75, 3.05) is 10.6 Å². The van der Waals surface area contributed by atoms with E-state index in [-0.39, 0.29) is 17.8 Å². The molecule has 3 fully saturated rings. The van der Waals surface area contributed by atoms with Crippen molar-refractivity contribution in [2.45, 2.75) is 56.7 Å². The topological polar surface area (TPSA) is 151 Å². The highest BCUT2D eigenvalue weighted by Gasteiger charge is 2.26. The predicted octanol–water partition coefficient (Wildman–Crippen LogP) is 0.561. The van der Waals surface area contributed by atoms with Crippen LogP contribution in [0.4, 0.5) is 16.7 Å². The standard InChI is InChI=1S/C18H23N9O2/c19-10-1-3-11(4-2-10)21-16-24-14-9(7-13-15(28)25-18(29)23-13)8-20-27(14)17(26-16)22-12-5-6-12/h7-8,10-12H,1-6,19H2,(H2,21,22,24,26)(H2,23,25,28,29)/b13-7-/t10-,11-. The van der Waals surface area contributed by atoms with Gasteiger partial charge in [-0.15, -0.1) is 0 Å². The molecule has 11 heteroatoms. The molecule has 29 heavy (non-hydrogen) atoms. The smallest absolute Gasteiger partial charge is 0.326 e. The van der Waals surface area contributed by atoms with Crippen molar-refractivity contribution in [1.82, 2.24) is 30.2 Å². The zero-order valence-electron chi connectivity index (χ0n) is 15.8. The molecule has 0 radical (unpaired) electrons. The maximum atomic E-state index is 11.9. The molecule has 6 N–H and O–H groups in total. The second-order valence-electron chi connectivity index (χ2n) is 7.85. The molecule has 3 amide bonds. The first-order valence-electron chi connectivity index (χ1n) is 9.93. The van der Waals surface area contributed by atoms with E-state index < -0.39 is 11.9 Å². The monoisotopic (exact) mass is 397 g/mol. The number of amides is 3. The van der Waals surface area contributed by atoms with Crippen molar-refractivity contribution in [3.63, 3.8) is 0 Å². The Labute approximate surface area is 166 Å². The second-order valence-corrected chi connectivity index (χ2v) is 7.85. The van der Waals surface area contributed by atoms with Crippen LogP contribution in [0.2, 0.25) is 0 Å². The second kappa shape index (κ2) is 6.99. The van der Waals surface area contributed by atoms with Gasteiger partial charge in [-0.25, -0.2) is 4.79 Å². The third-order valence-electron chi connectivity index (χ3n) is 5.43. The Morgan fingerprint density at radius 3 is 2.45 bits per heavy atom. The lowest BCUT2D eigenvalue weighted by atomic mass is 9.92. The van der Waals surface area contributed by atoms with Crippen LogP contribution in [0.3, 0.4) is 0 Å². The van der Waals surface area contributed by atoms with Gasteiger partial charge in [0.05, 0.1) is 6.20 Å². The van der Waals surface area contributed by atoms with Gasteiger partial charge >= 0.3 is 6.03 Å². The summed E-state index contributed by atoms with van der Waals surface area (Å²) in [5.41, 5.74) is 7.34. The van der Waals surface area contributed by atoms with Crippen molar-refractivity contribution in [2.24, 2.45) is 5.73 Å². The van der Waals surface area contributed by atoms with Gasteiger partial charge in [-0.3, -0.25) is 10.1 Å². The number of hydrogen-bond acceptors (Lipinski definition) is 8. The molecule has 2 aliphatic carbocycles. The first kappa shape index (κ1) is 17.9. The molecule has 0 spiro atoms. The van der Waals surface area contributed by atoms with Gasteiger partial charge in [0.15, 0.2) is 5.65 Å². The highest BCUT2D eigenvalue weighted by molar-refractivity contribution is 6.14. The lowest BCUT2D eigenvalue weighted by Gasteiger charge is -2.26. The van der Waals surface area contributed by atoms with E-state index in [4.69, 9.17) is 5.73 Å². The minimum atomic E-state index is -0.540. The number of anilines is 2. The number of carbonyl (C=O) groups excluding carboxylic acids is 2. The van der Waals surface area contributed by atoms with Crippen LogP contribution in [0, 0.1) is 0 Å². The Balaban J connectivity index is 1.49. The molecule has 0 atom stereocenters. The van der Waals surface area contributed by atoms with Crippen molar-refractivity contribution >= 4 is 35.6 Å². The number of imide groups is 1. The number of nitrogens with one attached hydrogen (secondary N) is 4. The van der Waals surface area contributed by atoms with Crippen LogP contribution in [0.5, 0.6) is 0 Å². The first-order valence-corrected chi connectivity index (χ1v) is 9.93. The Morgan fingerprint density at radius 1 is 1.03 bits per heavy atom. The van der Waals surface area contributed by atoms with Crippen LogP contribution in [0.25, 0.3) is 11.7 Å². The van der Waals surface area contributed by atoms with Gasteiger partial charge in [-0.1, -0.05) is 0 Å². The summed E-state index contributed by atoms with van der Waals surface area (Å²) >= 11 is 0. The molecule has 152 valence electrons. The average molecular weight is 397 g/mol. The normalized spacial score (nSPS) is 25.9. The van der Waals surface area contributed by atoms with Crippen LogP contribution in [-0.2, 0) is 4.79 Å². The fraction of sp³-hybridized carbons (Fsp3) is 0.500. The number of rotatable bonds is 5. The summed E-state index contributed by atoms with van der Waals surface area (Å²) in [4.78, 5) is 32.5. The lowest BCUT2D eigenvalue weighted by molar-refractivity contribution is -0.115. The zero-order chi connectivity index (χ0) is 20.0. The molecule has 5 rings (SSSR count). The molecule has 0 bridgehead atoms. The number of aromatic nitrogens is 4. The van der Waals surface area contributed by atoms with Gasteiger partial charge in [0.25, 0.3) is 5.91 Å². The van der Waals surface area contributed by atoms with Gasteiger partial charge in [0, 0.05) is 23.7 Å². The predicted molar refractivity (Wildman–Crippen MR) is 106 cm³/mol. The number of hydrogen-bond donors (Lipinski definition) is 5. The van der Waals surface area contributed by atoms with Gasteiger partial charge in [-0.05, 0) is 44.6 Å². The molecule has 1 saturated heterocycles. The minimum Gasteiger partial charge on any atom is -0.351 e. The van der Waals surface area contributed by atoms with Gasteiger partial charge < -0.3 is 21.7 Å². The number of nitrogens with two attached hydrogens (primary N) is 1. The number of carbonyl (C=O) groups is 2. The van der Waals surface area contributed by atoms with Gasteiger partial charge in [0.2, 0.25) is 11.9 Å². The lowest BCUT2D eigenvalue weighted by Crippen LogP contribution is -2.33. The maximum absolute atomic E-state index is 11.9. The summed E-state index contributed by atoms with van der Waals surface area (Å²) in [6.07, 6.45) is 9.28. The van der Waals surface area contributed by atoms with E-state index in [1.165, 1.54) is 0 Å². The summed E-state index contributed by atoms with van der Waals surface area (Å²) < 4.78 is 1.63. The quantitative estimate of drug-likeness (QED) is 0.363. The zero-order valence-corrected chi connectivity index (χ0v) is 15.8. The van der Waals surface area contributed by atoms with Crippen LogP contribution >= 0.6 is 0 Å². The molecular formula is C18H23N9O2. The Morgan fingerprint density at radius 2 is 1.76 bits per heavy atom. The fourth-order valence-electron chi connectivity index (χ4n) is 3.65. The fourth-order valence-corrected chi connectivity index (χ4v) is 3.65. The van der Waals surface area contributed by atoms with Crippen molar-refractivity contribution < 1.29 is 9.59 Å². The summed E-state index contributed by atoms with van der Waals surface area (Å²) in [7, 11) is 0. The van der Waals surface area contributed by atoms with Crippen LogP contribution in [0.1, 0.15) is 44.1 Å². The van der Waals surface area contributed by atoms with E-state index >= 15 is 0 Å². The summed E-state index contributed by atoms with van der Waals surface area (Å²) in [6.45, 7) is 0. The SMILES string of the molecule is N[C@H]1CC[C@H](Nc2nc(NC3CC3)n3ncc(/C=C4\NC(=O)NC4=O)c3n2)CC1. The molecule has 2 aromatic heterocycles. The Kier molecular flexibility index (Phi) is 4.31. The number of urea groups is 1. The van der Waals surface area contributed by atoms with Gasteiger partial charge in [-0.2, -0.15) is 19.6 Å². The van der Waals surface area contributed by atoms with Crippen LogP contribution in [-0.4, -0.2) is 49.6 Å². The average Bonchev–Trinajstić information content (AvgIpc) is 3.33. The van der Waals surface area contributed by atoms with E-state index in [1.54, 1.807) is 16.8 Å².